The normalized spacial score (nSPS) is 12.1. The summed E-state index contributed by atoms with van der Waals surface area (Å²) in [7, 11) is -2.01. The smallest absolute Gasteiger partial charge is 0.382 e. The van der Waals surface area contributed by atoms with Crippen LogP contribution in [-0.4, -0.2) is 27.5 Å². The second kappa shape index (κ2) is 14.7. The van der Waals surface area contributed by atoms with Crippen LogP contribution in [0.4, 0.5) is 13.2 Å². The molecule has 0 aromatic rings. The lowest BCUT2D eigenvalue weighted by atomic mass is 10.1. The Bertz CT molecular complexity index is 369. The van der Waals surface area contributed by atoms with Crippen molar-refractivity contribution >= 4 is 8.07 Å². The SMILES string of the molecule is CCOCCCCCCCCCCCC#C[Si](C)(C)CCC(F)(F)F. The Hall–Kier alpha value is -0.473. The van der Waals surface area contributed by atoms with Crippen molar-refractivity contribution in [2.24, 2.45) is 0 Å². The average molecular weight is 379 g/mol. The molecule has 0 aliphatic carbocycles. The van der Waals surface area contributed by atoms with Crippen LogP contribution in [0.1, 0.15) is 77.6 Å². The van der Waals surface area contributed by atoms with E-state index in [0.29, 0.717) is 0 Å². The van der Waals surface area contributed by atoms with Crippen molar-refractivity contribution in [3.05, 3.63) is 0 Å². The minimum absolute atomic E-state index is 0.216. The Kier molecular flexibility index (Phi) is 14.4. The average Bonchev–Trinajstić information content (AvgIpc) is 2.53. The highest BCUT2D eigenvalue weighted by molar-refractivity contribution is 6.85. The molecule has 0 saturated carbocycles. The fraction of sp³-hybridized carbons (Fsp3) is 0.900. The minimum Gasteiger partial charge on any atom is -0.382 e. The monoisotopic (exact) mass is 378 g/mol. The molecule has 0 atom stereocenters. The third-order valence-electron chi connectivity index (χ3n) is 4.25. The number of rotatable bonds is 14. The summed E-state index contributed by atoms with van der Waals surface area (Å²) in [6.07, 6.45) is 7.24. The van der Waals surface area contributed by atoms with E-state index in [9.17, 15) is 13.2 Å². The van der Waals surface area contributed by atoms with Gasteiger partial charge in [0.2, 0.25) is 0 Å². The first-order chi connectivity index (χ1) is 11.8. The van der Waals surface area contributed by atoms with Crippen LogP contribution in [-0.2, 0) is 4.74 Å². The van der Waals surface area contributed by atoms with Crippen LogP contribution in [0, 0.1) is 11.5 Å². The summed E-state index contributed by atoms with van der Waals surface area (Å²) in [5.41, 5.74) is 3.15. The lowest BCUT2D eigenvalue weighted by Crippen LogP contribution is -2.26. The van der Waals surface area contributed by atoms with Crippen LogP contribution in [0.5, 0.6) is 0 Å². The summed E-state index contributed by atoms with van der Waals surface area (Å²) < 4.78 is 42.1. The maximum absolute atomic E-state index is 12.3. The molecule has 0 aromatic carbocycles. The molecule has 0 rings (SSSR count). The lowest BCUT2D eigenvalue weighted by Gasteiger charge is -2.15. The Balaban J connectivity index is 3.46. The molecule has 0 fully saturated rings. The molecule has 148 valence electrons. The van der Waals surface area contributed by atoms with Crippen LogP contribution in [0.25, 0.3) is 0 Å². The zero-order valence-corrected chi connectivity index (χ0v) is 17.4. The van der Waals surface area contributed by atoms with E-state index in [1.54, 1.807) is 0 Å². The lowest BCUT2D eigenvalue weighted by molar-refractivity contribution is -0.130. The third-order valence-corrected chi connectivity index (χ3v) is 6.61. The van der Waals surface area contributed by atoms with Gasteiger partial charge in [-0.1, -0.05) is 58.0 Å². The quantitative estimate of drug-likeness (QED) is 0.177. The summed E-state index contributed by atoms with van der Waals surface area (Å²) in [5.74, 6) is 3.13. The van der Waals surface area contributed by atoms with Gasteiger partial charge in [0.15, 0.2) is 0 Å². The van der Waals surface area contributed by atoms with Crippen molar-refractivity contribution in [2.75, 3.05) is 13.2 Å². The van der Waals surface area contributed by atoms with Gasteiger partial charge in [-0.15, -0.1) is 11.5 Å². The van der Waals surface area contributed by atoms with E-state index in [0.717, 1.165) is 26.1 Å². The number of ether oxygens (including phenoxy) is 1. The summed E-state index contributed by atoms with van der Waals surface area (Å²) in [4.78, 5) is 0. The molecule has 0 spiro atoms. The van der Waals surface area contributed by atoms with Crippen LogP contribution >= 0.6 is 0 Å². The van der Waals surface area contributed by atoms with Crippen molar-refractivity contribution in [3.63, 3.8) is 0 Å². The molecule has 0 N–H and O–H groups in total. The van der Waals surface area contributed by atoms with E-state index < -0.39 is 20.7 Å². The Morgan fingerprint density at radius 1 is 0.840 bits per heavy atom. The van der Waals surface area contributed by atoms with E-state index in [2.05, 4.69) is 11.5 Å². The molecule has 1 nitrogen and oxygen atoms in total. The van der Waals surface area contributed by atoms with E-state index >= 15 is 0 Å². The summed E-state index contributed by atoms with van der Waals surface area (Å²) in [6.45, 7) is 7.60. The van der Waals surface area contributed by atoms with Gasteiger partial charge < -0.3 is 4.74 Å². The maximum Gasteiger partial charge on any atom is 0.388 e. The topological polar surface area (TPSA) is 9.23 Å². The van der Waals surface area contributed by atoms with E-state index in [1.807, 2.05) is 20.0 Å². The van der Waals surface area contributed by atoms with Crippen molar-refractivity contribution in [1.82, 2.24) is 0 Å². The first-order valence-electron chi connectivity index (χ1n) is 9.91. The van der Waals surface area contributed by atoms with Crippen molar-refractivity contribution in [1.29, 1.82) is 0 Å². The summed E-state index contributed by atoms with van der Waals surface area (Å²) in [5, 5.41) is 0. The number of hydrogen-bond acceptors (Lipinski definition) is 1. The van der Waals surface area contributed by atoms with Crippen LogP contribution in [0.3, 0.4) is 0 Å². The number of alkyl halides is 3. The molecule has 25 heavy (non-hydrogen) atoms. The van der Waals surface area contributed by atoms with Crippen LogP contribution in [0.2, 0.25) is 19.1 Å². The van der Waals surface area contributed by atoms with E-state index in [4.69, 9.17) is 4.74 Å². The zero-order valence-electron chi connectivity index (χ0n) is 16.4. The molecule has 0 radical (unpaired) electrons. The number of hydrogen-bond donors (Lipinski definition) is 0. The predicted molar refractivity (Wildman–Crippen MR) is 103 cm³/mol. The van der Waals surface area contributed by atoms with Crippen LogP contribution in [0.15, 0.2) is 0 Å². The van der Waals surface area contributed by atoms with Crippen molar-refractivity contribution < 1.29 is 17.9 Å². The summed E-state index contributed by atoms with van der Waals surface area (Å²) >= 11 is 0. The first kappa shape index (κ1) is 24.5. The highest BCUT2D eigenvalue weighted by Crippen LogP contribution is 2.25. The van der Waals surface area contributed by atoms with Gasteiger partial charge in [-0.2, -0.15) is 13.2 Å². The Labute approximate surface area is 154 Å². The Morgan fingerprint density at radius 2 is 1.36 bits per heavy atom. The van der Waals surface area contributed by atoms with Crippen molar-refractivity contribution in [3.8, 4) is 11.5 Å². The van der Waals surface area contributed by atoms with Crippen molar-refractivity contribution in [2.45, 2.75) is 103 Å². The fourth-order valence-corrected chi connectivity index (χ4v) is 4.25. The fourth-order valence-electron chi connectivity index (χ4n) is 2.62. The van der Waals surface area contributed by atoms with Gasteiger partial charge in [0.05, 0.1) is 0 Å². The molecule has 5 heteroatoms. The molecule has 0 aliphatic rings. The maximum atomic E-state index is 12.3. The molecular weight excluding hydrogens is 341 g/mol. The summed E-state index contributed by atoms with van der Waals surface area (Å²) in [6, 6.07) is 0.216. The van der Waals surface area contributed by atoms with E-state index in [-0.39, 0.29) is 6.04 Å². The number of unbranched alkanes of at least 4 members (excludes halogenated alkanes) is 9. The molecule has 0 bridgehead atoms. The zero-order chi connectivity index (χ0) is 19.0. The van der Waals surface area contributed by atoms with Gasteiger partial charge in [0.1, 0.15) is 8.07 Å². The second-order valence-electron chi connectivity index (χ2n) is 7.43. The predicted octanol–water partition coefficient (Wildman–Crippen LogP) is 7.13. The molecular formula is C20H37F3OSi. The number of halogens is 3. The van der Waals surface area contributed by atoms with Gasteiger partial charge in [0.25, 0.3) is 0 Å². The van der Waals surface area contributed by atoms with Gasteiger partial charge in [0, 0.05) is 26.1 Å². The van der Waals surface area contributed by atoms with Gasteiger partial charge in [-0.3, -0.25) is 0 Å². The molecule has 0 aliphatic heterocycles. The minimum atomic E-state index is -4.05. The van der Waals surface area contributed by atoms with Gasteiger partial charge >= 0.3 is 6.18 Å². The molecule has 0 aromatic heterocycles. The third kappa shape index (κ3) is 19.7. The van der Waals surface area contributed by atoms with Gasteiger partial charge in [-0.05, 0) is 25.8 Å². The molecule has 0 unspecified atom stereocenters. The molecule has 0 heterocycles. The van der Waals surface area contributed by atoms with Gasteiger partial charge in [-0.25, -0.2) is 0 Å². The first-order valence-corrected chi connectivity index (χ1v) is 13.1. The standard InChI is InChI=1S/C20H37F3OSi/c1-4-24-17-14-12-10-8-6-5-7-9-11-13-15-18-25(2,3)19-16-20(21,22)23/h4-14,16-17,19H2,1-3H3. The molecule has 0 saturated heterocycles. The van der Waals surface area contributed by atoms with E-state index in [1.165, 1.54) is 51.4 Å². The highest BCUT2D eigenvalue weighted by atomic mass is 28.3. The Morgan fingerprint density at radius 3 is 1.88 bits per heavy atom. The highest BCUT2D eigenvalue weighted by Gasteiger charge is 2.31. The largest absolute Gasteiger partial charge is 0.388 e. The van der Waals surface area contributed by atoms with Crippen LogP contribution < -0.4 is 0 Å². The molecule has 0 amide bonds. The second-order valence-corrected chi connectivity index (χ2v) is 11.9.